The van der Waals surface area contributed by atoms with Crippen molar-refractivity contribution in [1.82, 2.24) is 5.32 Å². The first kappa shape index (κ1) is 18.2. The number of esters is 1. The maximum Gasteiger partial charge on any atom is 0.334 e. The van der Waals surface area contributed by atoms with Gasteiger partial charge in [-0.1, -0.05) is 43.1 Å². The van der Waals surface area contributed by atoms with Crippen LogP contribution in [0.15, 0.2) is 52.7 Å². The summed E-state index contributed by atoms with van der Waals surface area (Å²) in [6, 6.07) is 8.02. The largest absolute Gasteiger partial charge is 0.465 e. The average molecular weight is 368 g/mol. The number of hydrogen-bond donors (Lipinski definition) is 2. The lowest BCUT2D eigenvalue weighted by Gasteiger charge is -2.37. The van der Waals surface area contributed by atoms with Crippen LogP contribution in [0.5, 0.6) is 0 Å². The van der Waals surface area contributed by atoms with Crippen LogP contribution in [0.4, 0.5) is 0 Å². The zero-order valence-corrected chi connectivity index (χ0v) is 15.7. The summed E-state index contributed by atoms with van der Waals surface area (Å²) < 4.78 is 6.41. The smallest absolute Gasteiger partial charge is 0.334 e. The fourth-order valence-corrected chi connectivity index (χ4v) is 4.33. The van der Waals surface area contributed by atoms with E-state index < -0.39 is 5.92 Å². The molecule has 0 spiro atoms. The van der Waals surface area contributed by atoms with Gasteiger partial charge in [0.05, 0.1) is 6.61 Å². The molecule has 136 valence electrons. The van der Waals surface area contributed by atoms with Gasteiger partial charge >= 0.3 is 5.97 Å². The summed E-state index contributed by atoms with van der Waals surface area (Å²) in [5, 5.41) is 16.6. The summed E-state index contributed by atoms with van der Waals surface area (Å²) in [5.41, 5.74) is 8.47. The molecule has 0 bridgehead atoms. The normalized spacial score (nSPS) is 19.1. The van der Waals surface area contributed by atoms with Crippen LogP contribution in [0.25, 0.3) is 15.5 Å². The van der Waals surface area contributed by atoms with Gasteiger partial charge in [0.25, 0.3) is 0 Å². The molecule has 2 aromatic rings. The standard InChI is InChI=1S/C20H22N3O2S/c1-3-6-15-17(20(24)25-4-2)16(14(11-21)19(22)23-15)13-8-5-7-12-9-10-26-18(12)13/h5,7-11,16H,3-4,6H2,1-2H3,(H3-,21,22,23,24)/q-1. The molecular weight excluding hydrogens is 346 g/mol. The van der Waals surface area contributed by atoms with Gasteiger partial charge in [-0.2, -0.15) is 0 Å². The van der Waals surface area contributed by atoms with Crippen molar-refractivity contribution in [3.8, 4) is 0 Å². The van der Waals surface area contributed by atoms with Crippen molar-refractivity contribution >= 4 is 33.2 Å². The monoisotopic (exact) mass is 368 g/mol. The van der Waals surface area contributed by atoms with Crippen molar-refractivity contribution in [3.05, 3.63) is 63.7 Å². The molecule has 2 heterocycles. The minimum Gasteiger partial charge on any atom is -0.465 e. The van der Waals surface area contributed by atoms with Gasteiger partial charge in [0.15, 0.2) is 0 Å². The molecule has 0 fully saturated rings. The highest BCUT2D eigenvalue weighted by atomic mass is 32.1. The van der Waals surface area contributed by atoms with Gasteiger partial charge in [-0.05, 0) is 47.5 Å². The number of rotatable bonds is 5. The number of ether oxygens (including phenoxy) is 1. The summed E-state index contributed by atoms with van der Waals surface area (Å²) in [6.45, 7) is 4.10. The Morgan fingerprint density at radius 2 is 2.19 bits per heavy atom. The molecular formula is C20H22N3O2S-. The van der Waals surface area contributed by atoms with Gasteiger partial charge in [-0.25, -0.2) is 4.79 Å². The Hall–Kier alpha value is -2.60. The minimum absolute atomic E-state index is 0.0115. The second-order valence-corrected chi connectivity index (χ2v) is 6.99. The Kier molecular flexibility index (Phi) is 5.42. The zero-order valence-electron chi connectivity index (χ0n) is 14.9. The van der Waals surface area contributed by atoms with Crippen molar-refractivity contribution in [2.45, 2.75) is 32.6 Å². The lowest BCUT2D eigenvalue weighted by Crippen LogP contribution is -2.37. The predicted octanol–water partition coefficient (Wildman–Crippen LogP) is 4.02. The molecule has 3 N–H and O–H groups in total. The highest BCUT2D eigenvalue weighted by molar-refractivity contribution is 7.17. The van der Waals surface area contributed by atoms with Crippen LogP contribution < -0.4 is 11.1 Å². The minimum atomic E-state index is -0.468. The molecule has 1 aliphatic rings. The highest BCUT2D eigenvalue weighted by Crippen LogP contribution is 2.42. The Morgan fingerprint density at radius 1 is 1.38 bits per heavy atom. The number of nitrogens with one attached hydrogen (secondary N) is 1. The van der Waals surface area contributed by atoms with E-state index in [1.165, 1.54) is 6.20 Å². The van der Waals surface area contributed by atoms with E-state index in [0.29, 0.717) is 23.3 Å². The van der Waals surface area contributed by atoms with Gasteiger partial charge < -0.3 is 21.2 Å². The van der Waals surface area contributed by atoms with Crippen LogP contribution in [0.2, 0.25) is 0 Å². The van der Waals surface area contributed by atoms with Gasteiger partial charge in [0, 0.05) is 16.2 Å². The lowest BCUT2D eigenvalue weighted by atomic mass is 9.79. The number of hydrogen-bond acceptors (Lipinski definition) is 4. The molecule has 26 heavy (non-hydrogen) atoms. The van der Waals surface area contributed by atoms with Crippen LogP contribution >= 0.6 is 11.3 Å². The first-order valence-corrected chi connectivity index (χ1v) is 9.61. The quantitative estimate of drug-likeness (QED) is 0.781. The van der Waals surface area contributed by atoms with E-state index in [1.54, 1.807) is 18.3 Å². The SMILES string of the molecule is CCCC1=C(C(=O)OCC)C(c2cccc3ccsc23)/C(=C/N)C(=[N-])N1. The van der Waals surface area contributed by atoms with E-state index in [4.69, 9.17) is 10.5 Å². The summed E-state index contributed by atoms with van der Waals surface area (Å²) in [6.07, 6.45) is 2.82. The van der Waals surface area contributed by atoms with E-state index in [1.807, 2.05) is 36.6 Å². The molecule has 0 saturated carbocycles. The highest BCUT2D eigenvalue weighted by Gasteiger charge is 2.33. The summed E-state index contributed by atoms with van der Waals surface area (Å²) in [5.74, 6) is -0.861. The number of carbonyl (C=O) groups is 1. The van der Waals surface area contributed by atoms with Crippen LogP contribution in [-0.2, 0) is 9.53 Å². The number of amidine groups is 1. The van der Waals surface area contributed by atoms with Crippen LogP contribution in [0.3, 0.4) is 0 Å². The molecule has 1 unspecified atom stereocenters. The van der Waals surface area contributed by atoms with Gasteiger partial charge in [-0.15, -0.1) is 11.3 Å². The van der Waals surface area contributed by atoms with Crippen LogP contribution in [0.1, 0.15) is 38.2 Å². The van der Waals surface area contributed by atoms with E-state index in [-0.39, 0.29) is 18.4 Å². The van der Waals surface area contributed by atoms with E-state index in [9.17, 15) is 10.2 Å². The molecule has 0 aliphatic carbocycles. The maximum atomic E-state index is 12.8. The summed E-state index contributed by atoms with van der Waals surface area (Å²) in [4.78, 5) is 12.8. The molecule has 3 rings (SSSR count). The number of fused-ring (bicyclic) bond motifs is 1. The van der Waals surface area contributed by atoms with Gasteiger partial charge in [-0.3, -0.25) is 0 Å². The topological polar surface area (TPSA) is 86.7 Å². The first-order chi connectivity index (χ1) is 12.6. The van der Waals surface area contributed by atoms with Crippen molar-refractivity contribution < 1.29 is 9.53 Å². The molecule has 0 saturated heterocycles. The molecule has 6 heteroatoms. The Bertz CT molecular complexity index is 911. The fraction of sp³-hybridized carbons (Fsp3) is 0.300. The third-order valence-electron chi connectivity index (χ3n) is 4.46. The lowest BCUT2D eigenvalue weighted by molar-refractivity contribution is -0.138. The second-order valence-electron chi connectivity index (χ2n) is 6.08. The summed E-state index contributed by atoms with van der Waals surface area (Å²) >= 11 is 1.61. The maximum absolute atomic E-state index is 12.8. The van der Waals surface area contributed by atoms with Crippen molar-refractivity contribution in [2.24, 2.45) is 5.73 Å². The van der Waals surface area contributed by atoms with Crippen molar-refractivity contribution in [2.75, 3.05) is 6.61 Å². The van der Waals surface area contributed by atoms with Crippen LogP contribution in [-0.4, -0.2) is 18.4 Å². The predicted molar refractivity (Wildman–Crippen MR) is 107 cm³/mol. The first-order valence-electron chi connectivity index (χ1n) is 8.73. The third kappa shape index (κ3) is 3.12. The number of nitrogens with two attached hydrogens (primary N) is 1. The number of thiophene rings is 1. The number of benzene rings is 1. The fourth-order valence-electron chi connectivity index (χ4n) is 3.39. The molecule has 0 amide bonds. The second kappa shape index (κ2) is 7.74. The Morgan fingerprint density at radius 3 is 2.88 bits per heavy atom. The summed E-state index contributed by atoms with van der Waals surface area (Å²) in [7, 11) is 0. The Labute approximate surface area is 157 Å². The molecule has 5 nitrogen and oxygen atoms in total. The van der Waals surface area contributed by atoms with Gasteiger partial charge in [0.2, 0.25) is 0 Å². The number of nitrogens with zero attached hydrogens (tertiary/aromatic N) is 1. The average Bonchev–Trinajstić information content (AvgIpc) is 3.10. The molecule has 1 aliphatic heterocycles. The molecule has 1 atom stereocenters. The number of allylic oxidation sites excluding steroid dienone is 1. The van der Waals surface area contributed by atoms with E-state index >= 15 is 0 Å². The van der Waals surface area contributed by atoms with E-state index in [2.05, 4.69) is 5.32 Å². The van der Waals surface area contributed by atoms with E-state index in [0.717, 1.165) is 22.1 Å². The molecule has 1 aromatic carbocycles. The van der Waals surface area contributed by atoms with Crippen molar-refractivity contribution in [1.29, 1.82) is 0 Å². The van der Waals surface area contributed by atoms with Crippen LogP contribution in [0, 0.1) is 0 Å². The third-order valence-corrected chi connectivity index (χ3v) is 5.44. The number of carbonyl (C=O) groups excluding carboxylic acids is 1. The Balaban J connectivity index is 2.27. The molecule has 1 aromatic heterocycles. The van der Waals surface area contributed by atoms with Gasteiger partial charge in [0.1, 0.15) is 0 Å². The van der Waals surface area contributed by atoms with Crippen molar-refractivity contribution in [3.63, 3.8) is 0 Å². The molecule has 0 radical (unpaired) electrons. The zero-order chi connectivity index (χ0) is 18.7.